The summed E-state index contributed by atoms with van der Waals surface area (Å²) in [6.45, 7) is 4.17. The molecule has 20 nitrogen and oxygen atoms in total. The third kappa shape index (κ3) is 15.0. The van der Waals surface area contributed by atoms with Gasteiger partial charge < -0.3 is 56.1 Å². The van der Waals surface area contributed by atoms with Crippen LogP contribution in [0.1, 0.15) is 107 Å². The van der Waals surface area contributed by atoms with Crippen LogP contribution in [-0.4, -0.2) is 95.3 Å². The van der Waals surface area contributed by atoms with Crippen molar-refractivity contribution in [2.45, 2.75) is 115 Å². The van der Waals surface area contributed by atoms with Gasteiger partial charge in [-0.15, -0.1) is 0 Å². The van der Waals surface area contributed by atoms with Crippen molar-refractivity contribution < 1.29 is 75.0 Å². The molecule has 2 aromatic heterocycles. The number of hydrogen-bond donors (Lipinski definition) is 7. The Hall–Kier alpha value is -4.86. The molecule has 0 bridgehead atoms. The first kappa shape index (κ1) is 58.4. The maximum absolute atomic E-state index is 14.0. The quantitative estimate of drug-likeness (QED) is 0.0217. The maximum atomic E-state index is 14.0. The minimum absolute atomic E-state index is 0. The number of primary amides is 1. The average Bonchev–Trinajstić information content (AvgIpc) is 4.12. The smallest absolute Gasteiger partial charge is 0.333 e. The third-order valence-corrected chi connectivity index (χ3v) is 16.2. The molecule has 9 N–H and O–H groups in total. The molecular weight excluding hydrogens is 1220 g/mol. The van der Waals surface area contributed by atoms with Crippen molar-refractivity contribution in [2.75, 3.05) is 30.3 Å². The second-order valence-electron chi connectivity index (χ2n) is 19.3. The number of nitrogens with one attached hydrogen (secondary N) is 4. The molecule has 24 heteroatoms. The van der Waals surface area contributed by atoms with Crippen LogP contribution in [0.25, 0.3) is 11.0 Å². The van der Waals surface area contributed by atoms with Crippen molar-refractivity contribution in [1.29, 1.82) is 0 Å². The van der Waals surface area contributed by atoms with Crippen molar-refractivity contribution in [2.24, 2.45) is 28.6 Å². The number of carbonyl (C=O) groups is 6. The predicted octanol–water partition coefficient (Wildman–Crippen LogP) is 2.04. The Morgan fingerprint density at radius 2 is 1.69 bits per heavy atom. The summed E-state index contributed by atoms with van der Waals surface area (Å²) in [5, 5.41) is 29.0. The highest BCUT2D eigenvalue weighted by Gasteiger charge is 2.39. The number of benzene rings is 2. The zero-order valence-electron chi connectivity index (χ0n) is 41.1. The van der Waals surface area contributed by atoms with Gasteiger partial charge in [0.25, 0.3) is 11.8 Å². The minimum atomic E-state index is -4.19. The van der Waals surface area contributed by atoms with Crippen molar-refractivity contribution in [3.8, 4) is 0 Å². The highest BCUT2D eigenvalue weighted by atomic mass is 127. The largest absolute Gasteiger partial charge is 1.00 e. The lowest BCUT2D eigenvalue weighted by molar-refractivity contribution is -0.668. The standard InChI is InChI=1S/C50H62Br2N10O10S.HI/c1-29(2)44(59-41(65)12-4-3-7-21-62-48(67)42(51)43(52)49(62)68)40(64)24-32(10-8-20-55-50(53)69)46(66)57-34-16-13-30(14-17-34)26-60-28-56-45(58-38-18-15-31-9-5-6-11-36(31)38)37-19-22-61(47(37)60)35-23-33(39(63)25-35)27-72-73(54,70)71;/h5-6,9,11,13-14,16-17,19,22,28-29,32-33,35,38-39,44,63H,3-4,7-8,10,12,15,18,20-21,23-27H2,1-2H3,(H7,53,54,55,57,59,65,66,69,70,71);1H/t32-,33-,35+,38-,39-,44+;/m0./s1. The van der Waals surface area contributed by atoms with Gasteiger partial charge in [-0.25, -0.2) is 14.5 Å². The molecular formula is C50H63Br2IN10O10S. The summed E-state index contributed by atoms with van der Waals surface area (Å²) in [6.07, 6.45) is 7.69. The summed E-state index contributed by atoms with van der Waals surface area (Å²) in [5.74, 6) is -2.72. The molecule has 0 unspecified atom stereocenters. The van der Waals surface area contributed by atoms with Crippen LogP contribution in [0.2, 0.25) is 0 Å². The molecule has 0 saturated heterocycles. The number of imide groups is 1. The van der Waals surface area contributed by atoms with Crippen LogP contribution < -0.4 is 60.7 Å². The molecule has 6 atom stereocenters. The van der Waals surface area contributed by atoms with Crippen LogP contribution in [0.4, 0.5) is 16.3 Å². The summed E-state index contributed by atoms with van der Waals surface area (Å²) < 4.78 is 32.5. The molecule has 1 fully saturated rings. The van der Waals surface area contributed by atoms with Gasteiger partial charge in [0.1, 0.15) is 14.4 Å². The number of aliphatic hydroxyl groups excluding tert-OH is 1. The number of aliphatic hydroxyl groups is 1. The first-order valence-corrected chi connectivity index (χ1v) is 27.6. The van der Waals surface area contributed by atoms with Gasteiger partial charge in [-0.2, -0.15) is 8.42 Å². The molecule has 3 aliphatic rings. The summed E-state index contributed by atoms with van der Waals surface area (Å²) in [5.41, 5.74) is 10.0. The number of nitrogens with two attached hydrogens (primary N) is 2. The molecule has 0 radical (unpaired) electrons. The zero-order valence-corrected chi connectivity index (χ0v) is 47.3. The number of nitrogens with zero attached hydrogens (tertiary/aromatic N) is 4. The van der Waals surface area contributed by atoms with Gasteiger partial charge >= 0.3 is 16.3 Å². The van der Waals surface area contributed by atoms with Crippen LogP contribution in [0.15, 0.2) is 76.1 Å². The fraction of sp³-hybridized carbons (Fsp3) is 0.480. The molecule has 3 heterocycles. The predicted molar refractivity (Wildman–Crippen MR) is 279 cm³/mol. The van der Waals surface area contributed by atoms with E-state index < -0.39 is 58.0 Å². The number of anilines is 2. The Morgan fingerprint density at radius 3 is 2.38 bits per heavy atom. The molecule has 0 spiro atoms. The van der Waals surface area contributed by atoms with Crippen LogP contribution in [-0.2, 0) is 51.4 Å². The number of ketones is 1. The Balaban J connectivity index is 0.00000892. The average molecular weight is 1280 g/mol. The van der Waals surface area contributed by atoms with Crippen LogP contribution in [0.3, 0.4) is 0 Å². The number of aryl methyl sites for hydroxylation is 1. The normalized spacial score (nSPS) is 19.4. The zero-order chi connectivity index (χ0) is 52.6. The molecule has 74 heavy (non-hydrogen) atoms. The van der Waals surface area contributed by atoms with Gasteiger partial charge in [0, 0.05) is 49.9 Å². The van der Waals surface area contributed by atoms with E-state index in [1.54, 1.807) is 18.5 Å². The molecule has 6 amide bonds. The topological polar surface area (TPSA) is 291 Å². The second kappa shape index (κ2) is 26.3. The van der Waals surface area contributed by atoms with Crippen molar-refractivity contribution in [3.05, 3.63) is 92.8 Å². The summed E-state index contributed by atoms with van der Waals surface area (Å²) in [7, 11) is -4.19. The van der Waals surface area contributed by atoms with E-state index in [0.29, 0.717) is 56.6 Å². The fourth-order valence-corrected chi connectivity index (χ4v) is 11.1. The van der Waals surface area contributed by atoms with Crippen LogP contribution in [0, 0.1) is 17.8 Å². The number of urea groups is 1. The molecule has 4 aromatic rings. The Bertz CT molecular complexity index is 2840. The Labute approximate surface area is 464 Å². The van der Waals surface area contributed by atoms with Crippen LogP contribution in [0.5, 0.6) is 0 Å². The van der Waals surface area contributed by atoms with E-state index in [0.717, 1.165) is 34.3 Å². The molecule has 1 saturated carbocycles. The summed E-state index contributed by atoms with van der Waals surface area (Å²) in [4.78, 5) is 83.0. The fourth-order valence-electron chi connectivity index (χ4n) is 9.95. The monoisotopic (exact) mass is 1280 g/mol. The minimum Gasteiger partial charge on any atom is -1.00 e. The van der Waals surface area contributed by atoms with Gasteiger partial charge in [0.15, 0.2) is 5.78 Å². The lowest BCUT2D eigenvalue weighted by Gasteiger charge is -2.24. The van der Waals surface area contributed by atoms with E-state index in [1.807, 2.05) is 54.9 Å². The number of carbonyl (C=O) groups excluding carboxylic acids is 6. The Kier molecular flexibility index (Phi) is 20.7. The van der Waals surface area contributed by atoms with E-state index in [4.69, 9.17) is 20.0 Å². The van der Waals surface area contributed by atoms with Crippen LogP contribution >= 0.6 is 31.9 Å². The van der Waals surface area contributed by atoms with Gasteiger partial charge in [-0.1, -0.05) is 61.7 Å². The van der Waals surface area contributed by atoms with Crippen molar-refractivity contribution >= 4 is 100 Å². The van der Waals surface area contributed by atoms with E-state index in [9.17, 15) is 42.3 Å². The first-order chi connectivity index (χ1) is 34.8. The second-order valence-corrected chi connectivity index (χ2v) is 22.1. The molecule has 2 aromatic carbocycles. The first-order valence-electron chi connectivity index (χ1n) is 24.5. The van der Waals surface area contributed by atoms with E-state index in [-0.39, 0.29) is 102 Å². The molecule has 1 aliphatic heterocycles. The SMILES string of the molecule is CC(C)[C@@H](NC(=O)CCCCCN1C(=O)C(Br)=C(Br)C1=O)C(=O)C[C@H](CCCNC(N)=O)C(=O)Nc1ccc(C[n+]2cnc(N[C@H]3CCc4ccccc43)c3ccn([C@@H]4C[C@@H](COS(N)(=O)=O)[C@@H](O)C4)c32)cc1.[I-]. The number of unbranched alkanes of at least 4 members (excludes halogenated alkanes) is 2. The Morgan fingerprint density at radius 1 is 0.973 bits per heavy atom. The van der Waals surface area contributed by atoms with Gasteiger partial charge in [-0.05, 0) is 118 Å². The summed E-state index contributed by atoms with van der Waals surface area (Å²) >= 11 is 6.23. The maximum Gasteiger partial charge on any atom is 0.333 e. The molecule has 7 rings (SSSR count). The number of Topliss-reactive ketones (excluding diaryl/α,β-unsaturated/α-hetero) is 1. The van der Waals surface area contributed by atoms with E-state index in [2.05, 4.69) is 69.8 Å². The van der Waals surface area contributed by atoms with Gasteiger partial charge in [0.05, 0.1) is 43.6 Å². The summed E-state index contributed by atoms with van der Waals surface area (Å²) in [6, 6.07) is 16.0. The van der Waals surface area contributed by atoms with E-state index in [1.165, 1.54) is 11.1 Å². The number of fused-ring (bicyclic) bond motifs is 2. The highest BCUT2D eigenvalue weighted by Crippen LogP contribution is 2.39. The highest BCUT2D eigenvalue weighted by molar-refractivity contribution is 9.14. The molecule has 2 aliphatic carbocycles. The number of halogens is 3. The van der Waals surface area contributed by atoms with E-state index >= 15 is 0 Å². The third-order valence-electron chi connectivity index (χ3n) is 13.8. The lowest BCUT2D eigenvalue weighted by atomic mass is 9.89. The molecule has 400 valence electrons. The number of rotatable bonds is 25. The van der Waals surface area contributed by atoms with Gasteiger partial charge in [0.2, 0.25) is 29.6 Å². The van der Waals surface area contributed by atoms with Gasteiger partial charge in [-0.3, -0.25) is 37.6 Å². The number of amides is 6. The number of hydrogen-bond acceptors (Lipinski definition) is 12. The number of aromatic nitrogens is 3. The van der Waals surface area contributed by atoms with Crippen molar-refractivity contribution in [1.82, 2.24) is 25.1 Å². The lowest BCUT2D eigenvalue weighted by Crippen LogP contribution is -3.00. The van der Waals surface area contributed by atoms with Crippen molar-refractivity contribution in [3.63, 3.8) is 0 Å².